The van der Waals surface area contributed by atoms with Crippen LogP contribution in [-0.2, 0) is 15.3 Å². The Morgan fingerprint density at radius 3 is 2.71 bits per heavy atom. The molecular formula is C15H18ClNO3S. The summed E-state index contributed by atoms with van der Waals surface area (Å²) in [5, 5.41) is 12.6. The van der Waals surface area contributed by atoms with E-state index in [2.05, 4.69) is 5.32 Å². The molecule has 0 radical (unpaired) electrons. The molecule has 1 saturated carbocycles. The highest BCUT2D eigenvalue weighted by Gasteiger charge is 2.44. The molecule has 0 heterocycles. The Morgan fingerprint density at radius 1 is 1.38 bits per heavy atom. The molecule has 0 atom stereocenters. The van der Waals surface area contributed by atoms with Crippen molar-refractivity contribution in [1.29, 1.82) is 0 Å². The molecule has 1 aromatic carbocycles. The second-order valence-corrected chi connectivity index (χ2v) is 6.76. The zero-order valence-corrected chi connectivity index (χ0v) is 13.2. The van der Waals surface area contributed by atoms with Crippen molar-refractivity contribution in [3.63, 3.8) is 0 Å². The Labute approximate surface area is 133 Å². The third kappa shape index (κ3) is 4.38. The number of nitrogens with one attached hydrogen (secondary N) is 1. The summed E-state index contributed by atoms with van der Waals surface area (Å²) in [5.74, 6) is 0.107. The Balaban J connectivity index is 1.69. The lowest BCUT2D eigenvalue weighted by Gasteiger charge is -2.37. The van der Waals surface area contributed by atoms with Gasteiger partial charge in [0.1, 0.15) is 0 Å². The van der Waals surface area contributed by atoms with Crippen molar-refractivity contribution < 1.29 is 14.7 Å². The minimum Gasteiger partial charge on any atom is -0.481 e. The number of carboxylic acid groups (broad SMARTS) is 1. The summed E-state index contributed by atoms with van der Waals surface area (Å²) in [6, 6.07) is 7.53. The minimum absolute atomic E-state index is 0.116. The Morgan fingerprint density at radius 2 is 2.14 bits per heavy atom. The first-order valence-electron chi connectivity index (χ1n) is 6.84. The largest absolute Gasteiger partial charge is 0.481 e. The third-order valence-electron chi connectivity index (χ3n) is 3.78. The first kappa shape index (κ1) is 16.2. The van der Waals surface area contributed by atoms with E-state index in [1.54, 1.807) is 0 Å². The second kappa shape index (κ2) is 7.18. The lowest BCUT2D eigenvalue weighted by Crippen LogP contribution is -2.47. The van der Waals surface area contributed by atoms with E-state index < -0.39 is 11.4 Å². The molecule has 1 aliphatic carbocycles. The molecular weight excluding hydrogens is 310 g/mol. The highest BCUT2D eigenvalue weighted by molar-refractivity contribution is 7.99. The summed E-state index contributed by atoms with van der Waals surface area (Å²) < 4.78 is 0. The van der Waals surface area contributed by atoms with Crippen LogP contribution in [0.4, 0.5) is 0 Å². The number of thioether (sulfide) groups is 1. The molecule has 1 aromatic rings. The zero-order chi connectivity index (χ0) is 15.3. The van der Waals surface area contributed by atoms with Crippen LogP contribution in [0.25, 0.3) is 0 Å². The van der Waals surface area contributed by atoms with Gasteiger partial charge in [-0.1, -0.05) is 30.2 Å². The highest BCUT2D eigenvalue weighted by atomic mass is 35.5. The fourth-order valence-electron chi connectivity index (χ4n) is 2.28. The molecule has 0 unspecified atom stereocenters. The summed E-state index contributed by atoms with van der Waals surface area (Å²) in [7, 11) is 0. The van der Waals surface area contributed by atoms with Crippen molar-refractivity contribution >= 4 is 35.2 Å². The van der Waals surface area contributed by atoms with E-state index >= 15 is 0 Å². The molecule has 114 valence electrons. The second-order valence-electron chi connectivity index (χ2n) is 5.34. The Kier molecular flexibility index (Phi) is 5.53. The van der Waals surface area contributed by atoms with Gasteiger partial charge in [-0.3, -0.25) is 9.59 Å². The van der Waals surface area contributed by atoms with E-state index in [1.807, 2.05) is 24.3 Å². The number of carbonyl (C=O) groups excluding carboxylic acids is 1. The van der Waals surface area contributed by atoms with Crippen LogP contribution in [0.2, 0.25) is 5.02 Å². The number of amides is 1. The lowest BCUT2D eigenvalue weighted by molar-refractivity contribution is -0.154. The van der Waals surface area contributed by atoms with Crippen LogP contribution in [0.3, 0.4) is 0 Å². The van der Waals surface area contributed by atoms with E-state index in [9.17, 15) is 14.7 Å². The quantitative estimate of drug-likeness (QED) is 0.808. The first-order valence-corrected chi connectivity index (χ1v) is 8.37. The topological polar surface area (TPSA) is 66.4 Å². The number of aliphatic carboxylic acids is 1. The fraction of sp³-hybridized carbons (Fsp3) is 0.467. The normalized spacial score (nSPS) is 16.0. The molecule has 0 aliphatic heterocycles. The number of halogens is 1. The number of carboxylic acids is 1. The maximum Gasteiger partial charge on any atom is 0.311 e. The first-order chi connectivity index (χ1) is 10.0. The van der Waals surface area contributed by atoms with E-state index in [4.69, 9.17) is 11.6 Å². The molecule has 1 amide bonds. The predicted octanol–water partition coefficient (Wildman–Crippen LogP) is 2.94. The molecule has 0 spiro atoms. The van der Waals surface area contributed by atoms with Crippen molar-refractivity contribution in [2.24, 2.45) is 5.41 Å². The molecule has 6 heteroatoms. The number of hydrogen-bond acceptors (Lipinski definition) is 3. The van der Waals surface area contributed by atoms with Crippen LogP contribution >= 0.6 is 23.4 Å². The standard InChI is InChI=1S/C15H18ClNO3S/c16-12-4-1-3-11(7-12)8-21-9-13(18)17-10-15(14(19)20)5-2-6-15/h1,3-4,7H,2,5-6,8-10H2,(H,17,18)(H,19,20). The number of carbonyl (C=O) groups is 2. The third-order valence-corrected chi connectivity index (χ3v) is 5.02. The molecule has 21 heavy (non-hydrogen) atoms. The smallest absolute Gasteiger partial charge is 0.311 e. The van der Waals surface area contributed by atoms with Crippen LogP contribution in [0, 0.1) is 5.41 Å². The summed E-state index contributed by atoms with van der Waals surface area (Å²) in [6.07, 6.45) is 2.22. The molecule has 0 saturated heterocycles. The zero-order valence-electron chi connectivity index (χ0n) is 11.6. The monoisotopic (exact) mass is 327 g/mol. The molecule has 2 rings (SSSR count). The summed E-state index contributed by atoms with van der Waals surface area (Å²) >= 11 is 7.38. The van der Waals surface area contributed by atoms with Gasteiger partial charge in [0.05, 0.1) is 11.2 Å². The van der Waals surface area contributed by atoms with Crippen molar-refractivity contribution in [3.05, 3.63) is 34.9 Å². The van der Waals surface area contributed by atoms with Gasteiger partial charge in [-0.05, 0) is 30.5 Å². The SMILES string of the molecule is O=C(CSCc1cccc(Cl)c1)NCC1(C(=O)O)CCC1. The van der Waals surface area contributed by atoms with Crippen molar-refractivity contribution in [2.45, 2.75) is 25.0 Å². The Bertz CT molecular complexity index is 531. The van der Waals surface area contributed by atoms with Crippen LogP contribution in [0.1, 0.15) is 24.8 Å². The molecule has 0 aromatic heterocycles. The van der Waals surface area contributed by atoms with Crippen LogP contribution < -0.4 is 5.32 Å². The lowest BCUT2D eigenvalue weighted by atomic mass is 9.69. The van der Waals surface area contributed by atoms with Gasteiger partial charge < -0.3 is 10.4 Å². The van der Waals surface area contributed by atoms with Gasteiger partial charge in [0.2, 0.25) is 5.91 Å². The molecule has 1 fully saturated rings. The minimum atomic E-state index is -0.805. The Hall–Kier alpha value is -1.20. The summed E-state index contributed by atoms with van der Waals surface area (Å²) in [6.45, 7) is 0.235. The van der Waals surface area contributed by atoms with Crippen molar-refractivity contribution in [2.75, 3.05) is 12.3 Å². The van der Waals surface area contributed by atoms with E-state index in [1.165, 1.54) is 11.8 Å². The van der Waals surface area contributed by atoms with Crippen LogP contribution in [0.15, 0.2) is 24.3 Å². The van der Waals surface area contributed by atoms with E-state index in [0.29, 0.717) is 29.4 Å². The maximum absolute atomic E-state index is 11.8. The number of hydrogen-bond donors (Lipinski definition) is 2. The molecule has 2 N–H and O–H groups in total. The molecule has 0 bridgehead atoms. The number of benzene rings is 1. The summed E-state index contributed by atoms with van der Waals surface area (Å²) in [4.78, 5) is 22.9. The van der Waals surface area contributed by atoms with Crippen LogP contribution in [-0.4, -0.2) is 29.3 Å². The van der Waals surface area contributed by atoms with Crippen molar-refractivity contribution in [1.82, 2.24) is 5.32 Å². The average molecular weight is 328 g/mol. The predicted molar refractivity (Wildman–Crippen MR) is 84.5 cm³/mol. The fourth-order valence-corrected chi connectivity index (χ4v) is 3.29. The van der Waals surface area contributed by atoms with Gasteiger partial charge in [0.25, 0.3) is 0 Å². The van der Waals surface area contributed by atoms with Gasteiger partial charge in [0.15, 0.2) is 0 Å². The number of rotatable bonds is 7. The van der Waals surface area contributed by atoms with E-state index in [0.717, 1.165) is 12.0 Å². The average Bonchev–Trinajstić information content (AvgIpc) is 2.37. The van der Waals surface area contributed by atoms with Gasteiger partial charge in [-0.2, -0.15) is 0 Å². The molecule has 1 aliphatic rings. The van der Waals surface area contributed by atoms with E-state index in [-0.39, 0.29) is 12.5 Å². The van der Waals surface area contributed by atoms with Gasteiger partial charge in [-0.25, -0.2) is 0 Å². The van der Waals surface area contributed by atoms with Crippen molar-refractivity contribution in [3.8, 4) is 0 Å². The maximum atomic E-state index is 11.8. The van der Waals surface area contributed by atoms with Crippen LogP contribution in [0.5, 0.6) is 0 Å². The summed E-state index contributed by atoms with van der Waals surface area (Å²) in [5.41, 5.74) is 0.342. The van der Waals surface area contributed by atoms with Gasteiger partial charge in [0, 0.05) is 17.3 Å². The molecule has 4 nitrogen and oxygen atoms in total. The highest BCUT2D eigenvalue weighted by Crippen LogP contribution is 2.40. The van der Waals surface area contributed by atoms with Gasteiger partial charge in [-0.15, -0.1) is 11.8 Å². The van der Waals surface area contributed by atoms with Gasteiger partial charge >= 0.3 is 5.97 Å².